The molecule has 0 spiro atoms. The van der Waals surface area contributed by atoms with Gasteiger partial charge in [-0.15, -0.1) is 24.0 Å². The Morgan fingerprint density at radius 3 is 2.87 bits per heavy atom. The smallest absolute Gasteiger partial charge is 0.188 e. The molecule has 0 saturated carbocycles. The fourth-order valence-electron chi connectivity index (χ4n) is 2.14. The number of nitrogens with zero attached hydrogens (tertiary/aromatic N) is 3. The monoisotopic (exact) mass is 428 g/mol. The van der Waals surface area contributed by atoms with Crippen LogP contribution in [0, 0.1) is 0 Å². The highest BCUT2D eigenvalue weighted by molar-refractivity contribution is 14.0. The molecule has 2 aromatic heterocycles. The van der Waals surface area contributed by atoms with Crippen LogP contribution in [0.15, 0.2) is 41.9 Å². The molecule has 0 aromatic carbocycles. The standard InChI is InChI=1S/C16H24N6.HI/c17-16(21-11-5-8-15-12-18-13-22-15)20-10-4-2-7-14-6-1-3-9-19-14;/h1,3,6,9,12-13H,2,4-5,7-8,10-11H2,(H,18,22)(H3,17,20,21);1H. The van der Waals surface area contributed by atoms with Gasteiger partial charge in [-0.05, 0) is 44.2 Å². The van der Waals surface area contributed by atoms with Crippen LogP contribution in [0.3, 0.4) is 0 Å². The molecule has 0 bridgehead atoms. The summed E-state index contributed by atoms with van der Waals surface area (Å²) in [5.74, 6) is 0.530. The van der Waals surface area contributed by atoms with Crippen LogP contribution in [0.25, 0.3) is 0 Å². The molecule has 0 aliphatic rings. The fourth-order valence-corrected chi connectivity index (χ4v) is 2.14. The molecular weight excluding hydrogens is 403 g/mol. The highest BCUT2D eigenvalue weighted by atomic mass is 127. The van der Waals surface area contributed by atoms with Gasteiger partial charge in [0.2, 0.25) is 0 Å². The largest absolute Gasteiger partial charge is 0.370 e. The Morgan fingerprint density at radius 1 is 1.22 bits per heavy atom. The molecule has 126 valence electrons. The molecular formula is C16H25IN6. The zero-order valence-corrected chi connectivity index (χ0v) is 15.6. The third-order valence-electron chi connectivity index (χ3n) is 3.33. The fraction of sp³-hybridized carbons (Fsp3) is 0.438. The van der Waals surface area contributed by atoms with E-state index in [1.54, 1.807) is 6.33 Å². The van der Waals surface area contributed by atoms with Crippen LogP contribution < -0.4 is 11.1 Å². The van der Waals surface area contributed by atoms with E-state index in [0.29, 0.717) is 5.96 Å². The van der Waals surface area contributed by atoms with Crippen molar-refractivity contribution in [3.8, 4) is 0 Å². The summed E-state index contributed by atoms with van der Waals surface area (Å²) in [5, 5.41) is 3.15. The highest BCUT2D eigenvalue weighted by Gasteiger charge is 1.96. The lowest BCUT2D eigenvalue weighted by Gasteiger charge is -2.05. The molecule has 0 aliphatic heterocycles. The van der Waals surface area contributed by atoms with E-state index in [1.165, 1.54) is 0 Å². The lowest BCUT2D eigenvalue weighted by molar-refractivity contribution is 0.695. The van der Waals surface area contributed by atoms with Crippen molar-refractivity contribution in [1.82, 2.24) is 20.3 Å². The summed E-state index contributed by atoms with van der Waals surface area (Å²) in [6.07, 6.45) is 10.4. The normalized spacial score (nSPS) is 11.0. The van der Waals surface area contributed by atoms with Crippen molar-refractivity contribution >= 4 is 29.9 Å². The van der Waals surface area contributed by atoms with Crippen molar-refractivity contribution in [3.05, 3.63) is 48.3 Å². The number of nitrogens with one attached hydrogen (secondary N) is 2. The number of hydrogen-bond donors (Lipinski definition) is 3. The van der Waals surface area contributed by atoms with Crippen molar-refractivity contribution < 1.29 is 0 Å². The van der Waals surface area contributed by atoms with Gasteiger partial charge in [-0.2, -0.15) is 0 Å². The topological polar surface area (TPSA) is 92.0 Å². The van der Waals surface area contributed by atoms with Crippen LogP contribution in [0.5, 0.6) is 0 Å². The van der Waals surface area contributed by atoms with Crippen LogP contribution in [-0.2, 0) is 12.8 Å². The van der Waals surface area contributed by atoms with Gasteiger partial charge in [0.15, 0.2) is 5.96 Å². The predicted molar refractivity (Wildman–Crippen MR) is 104 cm³/mol. The van der Waals surface area contributed by atoms with Crippen LogP contribution >= 0.6 is 24.0 Å². The molecule has 4 N–H and O–H groups in total. The van der Waals surface area contributed by atoms with Crippen molar-refractivity contribution in [2.75, 3.05) is 13.1 Å². The van der Waals surface area contributed by atoms with E-state index in [1.807, 2.05) is 24.5 Å². The molecule has 0 saturated heterocycles. The maximum absolute atomic E-state index is 5.83. The maximum Gasteiger partial charge on any atom is 0.188 e. The van der Waals surface area contributed by atoms with E-state index in [9.17, 15) is 0 Å². The minimum absolute atomic E-state index is 0. The Labute approximate surface area is 154 Å². The highest BCUT2D eigenvalue weighted by Crippen LogP contribution is 2.00. The molecule has 2 heterocycles. The van der Waals surface area contributed by atoms with E-state index in [4.69, 9.17) is 5.73 Å². The zero-order valence-electron chi connectivity index (χ0n) is 13.2. The molecule has 2 rings (SSSR count). The van der Waals surface area contributed by atoms with E-state index in [2.05, 4.69) is 31.3 Å². The van der Waals surface area contributed by atoms with Crippen LogP contribution in [0.4, 0.5) is 0 Å². The number of aromatic nitrogens is 3. The van der Waals surface area contributed by atoms with Gasteiger partial charge in [0, 0.05) is 36.9 Å². The minimum Gasteiger partial charge on any atom is -0.370 e. The SMILES string of the molecule is I.NC(=NCCCc1cnc[nH]1)NCCCCc1ccccn1. The number of rotatable bonds is 9. The Balaban J connectivity index is 0.00000264. The number of hydrogen-bond acceptors (Lipinski definition) is 3. The Bertz CT molecular complexity index is 541. The summed E-state index contributed by atoms with van der Waals surface area (Å²) in [7, 11) is 0. The number of aliphatic imine (C=N–C) groups is 1. The van der Waals surface area contributed by atoms with E-state index in [0.717, 1.165) is 56.6 Å². The number of aromatic amines is 1. The summed E-state index contributed by atoms with van der Waals surface area (Å²) in [6.45, 7) is 1.58. The van der Waals surface area contributed by atoms with Crippen LogP contribution in [-0.4, -0.2) is 34.0 Å². The van der Waals surface area contributed by atoms with Gasteiger partial charge in [-0.1, -0.05) is 6.07 Å². The van der Waals surface area contributed by atoms with Crippen LogP contribution in [0.2, 0.25) is 0 Å². The van der Waals surface area contributed by atoms with E-state index < -0.39 is 0 Å². The van der Waals surface area contributed by atoms with Crippen LogP contribution in [0.1, 0.15) is 30.7 Å². The van der Waals surface area contributed by atoms with Crippen molar-refractivity contribution in [3.63, 3.8) is 0 Å². The van der Waals surface area contributed by atoms with Gasteiger partial charge in [0.25, 0.3) is 0 Å². The van der Waals surface area contributed by atoms with Gasteiger partial charge in [0.1, 0.15) is 0 Å². The molecule has 6 nitrogen and oxygen atoms in total. The summed E-state index contributed by atoms with van der Waals surface area (Å²) >= 11 is 0. The number of pyridine rings is 1. The Morgan fingerprint density at radius 2 is 2.13 bits per heavy atom. The lowest BCUT2D eigenvalue weighted by Crippen LogP contribution is -2.32. The summed E-state index contributed by atoms with van der Waals surface area (Å²) < 4.78 is 0. The number of halogens is 1. The number of unbranched alkanes of at least 4 members (excludes halogenated alkanes) is 1. The number of H-pyrrole nitrogens is 1. The molecule has 7 heteroatoms. The van der Waals surface area contributed by atoms with Gasteiger partial charge < -0.3 is 16.0 Å². The molecule has 0 aliphatic carbocycles. The lowest BCUT2D eigenvalue weighted by atomic mass is 10.2. The summed E-state index contributed by atoms with van der Waals surface area (Å²) in [4.78, 5) is 15.7. The average molecular weight is 428 g/mol. The number of guanidine groups is 1. The second kappa shape index (κ2) is 11.9. The van der Waals surface area contributed by atoms with E-state index >= 15 is 0 Å². The molecule has 0 fully saturated rings. The van der Waals surface area contributed by atoms with Gasteiger partial charge >= 0.3 is 0 Å². The first kappa shape index (κ1) is 19.4. The average Bonchev–Trinajstić information content (AvgIpc) is 3.06. The Hall–Kier alpha value is -1.64. The molecule has 23 heavy (non-hydrogen) atoms. The molecule has 0 radical (unpaired) electrons. The second-order valence-corrected chi connectivity index (χ2v) is 5.15. The quantitative estimate of drug-likeness (QED) is 0.247. The predicted octanol–water partition coefficient (Wildman–Crippen LogP) is 2.28. The second-order valence-electron chi connectivity index (χ2n) is 5.15. The molecule has 2 aromatic rings. The first-order valence-electron chi connectivity index (χ1n) is 7.75. The van der Waals surface area contributed by atoms with Crippen molar-refractivity contribution in [1.29, 1.82) is 0 Å². The van der Waals surface area contributed by atoms with E-state index in [-0.39, 0.29) is 24.0 Å². The Kier molecular flexibility index (Phi) is 10.0. The maximum atomic E-state index is 5.83. The number of nitrogens with two attached hydrogens (primary N) is 1. The number of imidazole rings is 1. The van der Waals surface area contributed by atoms with Gasteiger partial charge in [0.05, 0.1) is 6.33 Å². The van der Waals surface area contributed by atoms with Gasteiger partial charge in [-0.3, -0.25) is 9.98 Å². The molecule has 0 unspecified atom stereocenters. The van der Waals surface area contributed by atoms with Crippen molar-refractivity contribution in [2.45, 2.75) is 32.1 Å². The van der Waals surface area contributed by atoms with Gasteiger partial charge in [-0.25, -0.2) is 4.98 Å². The summed E-state index contributed by atoms with van der Waals surface area (Å²) in [6, 6.07) is 6.02. The third kappa shape index (κ3) is 8.53. The first-order valence-corrected chi connectivity index (χ1v) is 7.75. The zero-order chi connectivity index (χ0) is 15.5. The minimum atomic E-state index is 0. The first-order chi connectivity index (χ1) is 10.8. The molecule has 0 atom stereocenters. The summed E-state index contributed by atoms with van der Waals surface area (Å²) in [5.41, 5.74) is 8.11. The third-order valence-corrected chi connectivity index (χ3v) is 3.33. The molecule has 0 amide bonds. The van der Waals surface area contributed by atoms with Crippen molar-refractivity contribution in [2.24, 2.45) is 10.7 Å². The number of aryl methyl sites for hydroxylation is 2.